The average molecular weight is 387 g/mol. The van der Waals surface area contributed by atoms with Gasteiger partial charge in [-0.1, -0.05) is 11.6 Å². The zero-order valence-corrected chi connectivity index (χ0v) is 15.2. The molecule has 27 heavy (non-hydrogen) atoms. The standard InChI is InChI=1S/C18H19ClN6O2/c19-15-6-1-11(9-20-15)14-10-21-17-8-7-16(24-25(14)17)22-12-2-4-13(5-3-12)23-18(26)27/h1,6-10,12-13,23H,2-5H2,(H,22,24)(H,26,27). The van der Waals surface area contributed by atoms with Crippen LogP contribution < -0.4 is 10.6 Å². The van der Waals surface area contributed by atoms with Gasteiger partial charge in [-0.15, -0.1) is 5.10 Å². The van der Waals surface area contributed by atoms with E-state index in [1.165, 1.54) is 0 Å². The van der Waals surface area contributed by atoms with Crippen LogP contribution in [-0.2, 0) is 0 Å². The number of imidazole rings is 1. The number of hydrogen-bond donors (Lipinski definition) is 3. The van der Waals surface area contributed by atoms with Crippen LogP contribution in [0, 0.1) is 0 Å². The van der Waals surface area contributed by atoms with Crippen molar-refractivity contribution in [2.24, 2.45) is 0 Å². The Balaban J connectivity index is 1.49. The number of anilines is 1. The lowest BCUT2D eigenvalue weighted by Gasteiger charge is -2.29. The fraction of sp³-hybridized carbons (Fsp3) is 0.333. The Morgan fingerprint density at radius 1 is 1.07 bits per heavy atom. The minimum atomic E-state index is -0.956. The molecule has 3 aromatic rings. The number of nitrogens with zero attached hydrogens (tertiary/aromatic N) is 4. The van der Waals surface area contributed by atoms with Crippen molar-refractivity contribution in [3.63, 3.8) is 0 Å². The third-order valence-corrected chi connectivity index (χ3v) is 5.02. The van der Waals surface area contributed by atoms with Crippen LogP contribution in [0.2, 0.25) is 5.15 Å². The van der Waals surface area contributed by atoms with Crippen molar-refractivity contribution in [1.82, 2.24) is 24.9 Å². The van der Waals surface area contributed by atoms with E-state index in [1.807, 2.05) is 18.2 Å². The van der Waals surface area contributed by atoms with Gasteiger partial charge >= 0.3 is 6.09 Å². The molecule has 0 radical (unpaired) electrons. The number of halogens is 1. The molecule has 0 atom stereocenters. The highest BCUT2D eigenvalue weighted by molar-refractivity contribution is 6.29. The van der Waals surface area contributed by atoms with Crippen molar-refractivity contribution in [2.45, 2.75) is 37.8 Å². The second-order valence-corrected chi connectivity index (χ2v) is 7.03. The van der Waals surface area contributed by atoms with Crippen LogP contribution in [0.1, 0.15) is 25.7 Å². The summed E-state index contributed by atoms with van der Waals surface area (Å²) in [6.07, 6.45) is 5.93. The van der Waals surface area contributed by atoms with E-state index in [4.69, 9.17) is 16.7 Å². The number of nitrogens with one attached hydrogen (secondary N) is 2. The van der Waals surface area contributed by atoms with Gasteiger partial charge in [0.2, 0.25) is 0 Å². The SMILES string of the molecule is O=C(O)NC1CCC(Nc2ccc3ncc(-c4ccc(Cl)nc4)n3n2)CC1. The first-order chi connectivity index (χ1) is 13.1. The quantitative estimate of drug-likeness (QED) is 0.593. The van der Waals surface area contributed by atoms with Crippen LogP contribution in [0.5, 0.6) is 0 Å². The number of aromatic nitrogens is 4. The van der Waals surface area contributed by atoms with E-state index in [1.54, 1.807) is 23.0 Å². The highest BCUT2D eigenvalue weighted by Crippen LogP contribution is 2.24. The first-order valence-corrected chi connectivity index (χ1v) is 9.19. The summed E-state index contributed by atoms with van der Waals surface area (Å²) in [6, 6.07) is 7.76. The largest absolute Gasteiger partial charge is 0.465 e. The number of amides is 1. The second kappa shape index (κ2) is 7.40. The summed E-state index contributed by atoms with van der Waals surface area (Å²) >= 11 is 5.87. The van der Waals surface area contributed by atoms with Crippen molar-refractivity contribution in [1.29, 1.82) is 0 Å². The van der Waals surface area contributed by atoms with Crippen molar-refractivity contribution in [3.05, 3.63) is 41.8 Å². The fourth-order valence-electron chi connectivity index (χ4n) is 3.44. The number of carbonyl (C=O) groups is 1. The molecule has 1 aliphatic carbocycles. The maximum atomic E-state index is 10.7. The van der Waals surface area contributed by atoms with Gasteiger partial charge in [-0.25, -0.2) is 19.3 Å². The zero-order chi connectivity index (χ0) is 18.8. The van der Waals surface area contributed by atoms with Crippen molar-refractivity contribution in [2.75, 3.05) is 5.32 Å². The van der Waals surface area contributed by atoms with E-state index in [0.717, 1.165) is 48.4 Å². The van der Waals surface area contributed by atoms with Gasteiger partial charge < -0.3 is 15.7 Å². The molecule has 0 unspecified atom stereocenters. The third kappa shape index (κ3) is 3.95. The molecule has 1 saturated carbocycles. The molecule has 4 rings (SSSR count). The number of rotatable bonds is 4. The Morgan fingerprint density at radius 2 is 1.85 bits per heavy atom. The lowest BCUT2D eigenvalue weighted by molar-refractivity contribution is 0.185. The monoisotopic (exact) mass is 386 g/mol. The Hall–Kier alpha value is -2.87. The van der Waals surface area contributed by atoms with E-state index in [0.29, 0.717) is 5.15 Å². The molecule has 1 fully saturated rings. The summed E-state index contributed by atoms with van der Waals surface area (Å²) in [4.78, 5) is 19.3. The molecule has 9 heteroatoms. The van der Waals surface area contributed by atoms with Gasteiger partial charge in [0, 0.05) is 23.8 Å². The van der Waals surface area contributed by atoms with Crippen LogP contribution in [0.25, 0.3) is 16.9 Å². The summed E-state index contributed by atoms with van der Waals surface area (Å²) in [5, 5.41) is 19.9. The lowest BCUT2D eigenvalue weighted by Crippen LogP contribution is -2.39. The van der Waals surface area contributed by atoms with Crippen molar-refractivity contribution >= 4 is 29.2 Å². The van der Waals surface area contributed by atoms with Crippen LogP contribution in [0.3, 0.4) is 0 Å². The molecular formula is C18H19ClN6O2. The number of carboxylic acid groups (broad SMARTS) is 1. The molecular weight excluding hydrogens is 368 g/mol. The lowest BCUT2D eigenvalue weighted by atomic mass is 9.91. The highest BCUT2D eigenvalue weighted by atomic mass is 35.5. The summed E-state index contributed by atoms with van der Waals surface area (Å²) in [6.45, 7) is 0. The van der Waals surface area contributed by atoms with Gasteiger partial charge in [0.25, 0.3) is 0 Å². The van der Waals surface area contributed by atoms with Gasteiger partial charge in [0.15, 0.2) is 5.65 Å². The molecule has 1 amide bonds. The zero-order valence-electron chi connectivity index (χ0n) is 14.5. The number of fused-ring (bicyclic) bond motifs is 1. The minimum absolute atomic E-state index is 0.0358. The summed E-state index contributed by atoms with van der Waals surface area (Å²) in [5.74, 6) is 0.762. The molecule has 3 heterocycles. The highest BCUT2D eigenvalue weighted by Gasteiger charge is 2.22. The molecule has 0 aliphatic heterocycles. The second-order valence-electron chi connectivity index (χ2n) is 6.64. The predicted molar refractivity (Wildman–Crippen MR) is 102 cm³/mol. The van der Waals surface area contributed by atoms with Crippen LogP contribution in [-0.4, -0.2) is 42.9 Å². The Labute approximate surface area is 160 Å². The molecule has 0 saturated heterocycles. The molecule has 140 valence electrons. The maximum Gasteiger partial charge on any atom is 0.404 e. The van der Waals surface area contributed by atoms with Crippen LogP contribution in [0.4, 0.5) is 10.6 Å². The van der Waals surface area contributed by atoms with Crippen molar-refractivity contribution < 1.29 is 9.90 Å². The molecule has 0 bridgehead atoms. The van der Waals surface area contributed by atoms with E-state index in [2.05, 4.69) is 25.7 Å². The molecule has 8 nitrogen and oxygen atoms in total. The predicted octanol–water partition coefficient (Wildman–Crippen LogP) is 3.44. The summed E-state index contributed by atoms with van der Waals surface area (Å²) in [5.41, 5.74) is 2.48. The fourth-order valence-corrected chi connectivity index (χ4v) is 3.55. The maximum absolute atomic E-state index is 10.7. The van der Waals surface area contributed by atoms with E-state index in [-0.39, 0.29) is 12.1 Å². The number of pyridine rings is 1. The Kier molecular flexibility index (Phi) is 4.81. The van der Waals surface area contributed by atoms with Gasteiger partial charge in [-0.2, -0.15) is 0 Å². The van der Waals surface area contributed by atoms with Gasteiger partial charge in [0.1, 0.15) is 11.0 Å². The Morgan fingerprint density at radius 3 is 2.56 bits per heavy atom. The van der Waals surface area contributed by atoms with Gasteiger partial charge in [-0.3, -0.25) is 0 Å². The van der Waals surface area contributed by atoms with Crippen LogP contribution >= 0.6 is 11.6 Å². The summed E-state index contributed by atoms with van der Waals surface area (Å²) < 4.78 is 1.78. The topological polar surface area (TPSA) is 104 Å². The summed E-state index contributed by atoms with van der Waals surface area (Å²) in [7, 11) is 0. The molecule has 1 aliphatic rings. The normalized spacial score (nSPS) is 19.7. The minimum Gasteiger partial charge on any atom is -0.465 e. The van der Waals surface area contributed by atoms with Crippen LogP contribution in [0.15, 0.2) is 36.7 Å². The van der Waals surface area contributed by atoms with Gasteiger partial charge in [0.05, 0.1) is 11.9 Å². The van der Waals surface area contributed by atoms with Crippen molar-refractivity contribution in [3.8, 4) is 11.3 Å². The Bertz CT molecular complexity index is 950. The van der Waals surface area contributed by atoms with E-state index < -0.39 is 6.09 Å². The average Bonchev–Trinajstić information content (AvgIpc) is 3.07. The molecule has 3 aromatic heterocycles. The smallest absolute Gasteiger partial charge is 0.404 e. The molecule has 0 spiro atoms. The third-order valence-electron chi connectivity index (χ3n) is 4.79. The molecule has 0 aromatic carbocycles. The first-order valence-electron chi connectivity index (χ1n) is 8.81. The van der Waals surface area contributed by atoms with E-state index >= 15 is 0 Å². The van der Waals surface area contributed by atoms with E-state index in [9.17, 15) is 4.79 Å². The first kappa shape index (κ1) is 17.5. The van der Waals surface area contributed by atoms with Gasteiger partial charge in [-0.05, 0) is 49.9 Å². The molecule has 3 N–H and O–H groups in total. The number of hydrogen-bond acceptors (Lipinski definition) is 5.